The Balaban J connectivity index is 2.37. The lowest BCUT2D eigenvalue weighted by molar-refractivity contribution is -0.355. The Labute approximate surface area is 385 Å². The molecule has 0 fully saturated rings. The number of aromatic hydroxyl groups is 1. The molecule has 2 rings (SSSR count). The molecule has 370 valence electrons. The van der Waals surface area contributed by atoms with Crippen molar-refractivity contribution in [3.05, 3.63) is 59.7 Å². The minimum atomic E-state index is -4.66. The molecule has 2 aromatic rings. The van der Waals surface area contributed by atoms with Crippen LogP contribution in [0.5, 0.6) is 11.5 Å². The highest BCUT2D eigenvalue weighted by Gasteiger charge is 2.38. The van der Waals surface area contributed by atoms with Crippen molar-refractivity contribution in [2.75, 3.05) is 6.54 Å². The lowest BCUT2D eigenvalue weighted by Gasteiger charge is -2.30. The first-order valence-corrected chi connectivity index (χ1v) is 22.4. The summed E-state index contributed by atoms with van der Waals surface area (Å²) in [6.45, 7) is 8.28. The number of carboxylic acids is 1. The van der Waals surface area contributed by atoms with Gasteiger partial charge in [-0.15, -0.1) is 0 Å². The molecule has 0 saturated carbocycles. The average molecular weight is 968 g/mol. The van der Waals surface area contributed by atoms with E-state index in [2.05, 4.69) is 47.5 Å². The number of aliphatic carboxylic acids is 1. The van der Waals surface area contributed by atoms with Crippen molar-refractivity contribution in [1.29, 1.82) is 0 Å². The molecule has 0 aromatic heterocycles. The van der Waals surface area contributed by atoms with E-state index in [1.165, 1.54) is 55.5 Å². The van der Waals surface area contributed by atoms with Crippen LogP contribution in [0.3, 0.4) is 0 Å². The fourth-order valence-corrected chi connectivity index (χ4v) is 6.56. The molecule has 0 unspecified atom stereocenters. The molecule has 67 heavy (non-hydrogen) atoms. The molecule has 0 saturated heterocycles. The topological polar surface area (TPSA) is 422 Å². The fourth-order valence-electron chi connectivity index (χ4n) is 6.15. The second-order valence-corrected chi connectivity index (χ2v) is 17.5. The van der Waals surface area contributed by atoms with Gasteiger partial charge in [-0.2, -0.15) is 14.7 Å². The van der Waals surface area contributed by atoms with E-state index in [4.69, 9.17) is 5.73 Å². The molecule has 0 aliphatic carbocycles. The third-order valence-electron chi connectivity index (χ3n) is 9.80. The smallest absolute Gasteiger partial charge is 0.508 e. The lowest BCUT2D eigenvalue weighted by atomic mass is 9.98. The van der Waals surface area contributed by atoms with Gasteiger partial charge in [0.05, 0.1) is 12.5 Å². The standard InChI is InChI=1S/C41H60N9O16P/c1-19(2)32(48-37(57)28(15-23-7-11-25(52)12-8-23)46-36(56)29(17-30(43)53)45-31(54)18-42)38(58)49-33(20(3)4)39(59)50-34(22(6)51)40(60)47-27(35(55)44-21(5)41(61)62)16-24-9-13-26(14-10-24)66-67(63,64)65/h7-14,19-22,27-29,32-34,51,63-65H,15-18,42H2,1-6H3,(H10-,43,44,45,46,47,48,49,50,52,53,54,55,56,57,58,59,60,61,62)/p+2/t21-,22+,27-,28-,29-,32-,33-,34-/m0/s1. The number of hydrogen-bond donors (Lipinski definition) is 15. The van der Waals surface area contributed by atoms with Gasteiger partial charge in [-0.3, -0.25) is 47.7 Å². The summed E-state index contributed by atoms with van der Waals surface area (Å²) in [4.78, 5) is 145. The van der Waals surface area contributed by atoms with Crippen LogP contribution in [0.4, 0.5) is 0 Å². The summed E-state index contributed by atoms with van der Waals surface area (Å²) < 4.78 is 4.63. The number of nitrogens with one attached hydrogen (secondary N) is 7. The highest BCUT2D eigenvalue weighted by Crippen LogP contribution is 2.45. The molecule has 0 aliphatic heterocycles. The lowest BCUT2D eigenvalue weighted by Crippen LogP contribution is -2.63. The Bertz CT molecular complexity index is 2070. The summed E-state index contributed by atoms with van der Waals surface area (Å²) in [6.07, 6.45) is -2.77. The third-order valence-corrected chi connectivity index (χ3v) is 10.3. The van der Waals surface area contributed by atoms with Crippen LogP contribution in [-0.4, -0.2) is 138 Å². The van der Waals surface area contributed by atoms with Crippen molar-refractivity contribution in [3.63, 3.8) is 0 Å². The number of amides is 8. The first-order chi connectivity index (χ1) is 31.1. The highest BCUT2D eigenvalue weighted by atomic mass is 31.2. The highest BCUT2D eigenvalue weighted by molar-refractivity contribution is 7.53. The van der Waals surface area contributed by atoms with E-state index in [0.29, 0.717) is 11.1 Å². The number of aliphatic hydroxyl groups excluding tert-OH is 1. The predicted octanol–water partition coefficient (Wildman–Crippen LogP) is -4.48. The van der Waals surface area contributed by atoms with E-state index < -0.39 is 128 Å². The number of carboxylic acid groups (broad SMARTS) is 1. The van der Waals surface area contributed by atoms with E-state index in [0.717, 1.165) is 6.92 Å². The molecule has 0 radical (unpaired) electrons. The van der Waals surface area contributed by atoms with Gasteiger partial charge in [0.2, 0.25) is 41.4 Å². The number of primary amides is 1. The van der Waals surface area contributed by atoms with Gasteiger partial charge in [-0.1, -0.05) is 52.0 Å². The molecule has 8 amide bonds. The van der Waals surface area contributed by atoms with Gasteiger partial charge in [0.15, 0.2) is 12.3 Å². The first kappa shape index (κ1) is 56.6. The van der Waals surface area contributed by atoms with Gasteiger partial charge in [0, 0.05) is 12.8 Å². The molecular formula is C41H62N9O16P+2. The Morgan fingerprint density at radius 2 is 1.00 bits per heavy atom. The number of hydrogen-bond acceptors (Lipinski definition) is 15. The Morgan fingerprint density at radius 1 is 0.597 bits per heavy atom. The van der Waals surface area contributed by atoms with Gasteiger partial charge in [-0.05, 0) is 61.1 Å². The van der Waals surface area contributed by atoms with Gasteiger partial charge in [-0.25, -0.2) is 0 Å². The van der Waals surface area contributed by atoms with E-state index in [-0.39, 0.29) is 30.9 Å². The van der Waals surface area contributed by atoms with E-state index in [1.54, 1.807) is 27.7 Å². The summed E-state index contributed by atoms with van der Waals surface area (Å²) in [5, 5.41) is 46.8. The summed E-state index contributed by atoms with van der Waals surface area (Å²) >= 11 is 0. The normalized spacial score (nSPS) is 14.9. The average Bonchev–Trinajstić information content (AvgIpc) is 3.22. The van der Waals surface area contributed by atoms with Crippen LogP contribution in [-0.2, 0) is 56.0 Å². The second-order valence-electron chi connectivity index (χ2n) is 16.2. The van der Waals surface area contributed by atoms with Crippen molar-refractivity contribution in [2.24, 2.45) is 17.6 Å². The SMILES string of the molecule is CC(C)[C@H](NC(=O)[C@H](Cc1ccc(O)cc1)NC(=O)[C@H](CC(N)=O)NC(=O)C[NH3+])C(=O)N[C@H](C(=O)N[C@H](C(=O)N[C@@H](Cc1ccc(O[P+](O)(O)O)cc1)C(=O)N[C@@H](C)C(=O)O)[C@@H](C)O)C(C)C. The summed E-state index contributed by atoms with van der Waals surface area (Å²) in [6, 6.07) is 0.261. The minimum absolute atomic E-state index is 0.0906. The van der Waals surface area contributed by atoms with Crippen molar-refractivity contribution in [1.82, 2.24) is 37.2 Å². The number of nitrogens with two attached hydrogens (primary N) is 1. The maximum atomic E-state index is 14.0. The van der Waals surface area contributed by atoms with Crippen LogP contribution >= 0.6 is 8.17 Å². The number of aliphatic hydroxyl groups is 1. The molecule has 0 spiro atoms. The van der Waals surface area contributed by atoms with E-state index in [1.807, 2.05) is 0 Å². The summed E-state index contributed by atoms with van der Waals surface area (Å²) in [5.41, 5.74) is 9.49. The van der Waals surface area contributed by atoms with Gasteiger partial charge < -0.3 is 64.0 Å². The van der Waals surface area contributed by atoms with Gasteiger partial charge in [0.25, 0.3) is 5.91 Å². The minimum Gasteiger partial charge on any atom is -0.508 e. The number of quaternary nitrogens is 1. The maximum Gasteiger partial charge on any atom is 0.613 e. The fraction of sp³-hybridized carbons (Fsp3) is 0.488. The molecule has 0 heterocycles. The van der Waals surface area contributed by atoms with Crippen LogP contribution in [0.25, 0.3) is 0 Å². The molecule has 2 aromatic carbocycles. The van der Waals surface area contributed by atoms with Crippen LogP contribution in [0.15, 0.2) is 48.5 Å². The monoisotopic (exact) mass is 967 g/mol. The van der Waals surface area contributed by atoms with Crippen LogP contribution in [0.1, 0.15) is 59.1 Å². The quantitative estimate of drug-likeness (QED) is 0.0395. The largest absolute Gasteiger partial charge is 0.613 e. The van der Waals surface area contributed by atoms with Crippen LogP contribution < -0.4 is 53.2 Å². The summed E-state index contributed by atoms with van der Waals surface area (Å²) in [5.74, 6) is -10.5. The molecule has 0 aliphatic rings. The van der Waals surface area contributed by atoms with Crippen LogP contribution in [0, 0.1) is 11.8 Å². The van der Waals surface area contributed by atoms with Crippen molar-refractivity contribution in [2.45, 2.75) is 109 Å². The van der Waals surface area contributed by atoms with Crippen molar-refractivity contribution < 1.29 is 83.4 Å². The molecule has 8 atom stereocenters. The zero-order chi connectivity index (χ0) is 50.9. The second kappa shape index (κ2) is 26.0. The maximum absolute atomic E-state index is 14.0. The van der Waals surface area contributed by atoms with E-state index in [9.17, 15) is 73.2 Å². The Kier molecular flexibility index (Phi) is 22.0. The number of phenols is 1. The Morgan fingerprint density at radius 3 is 1.42 bits per heavy atom. The van der Waals surface area contributed by atoms with Gasteiger partial charge >= 0.3 is 14.1 Å². The number of carbonyl (C=O) groups excluding carboxylic acids is 8. The predicted molar refractivity (Wildman–Crippen MR) is 236 cm³/mol. The van der Waals surface area contributed by atoms with Gasteiger partial charge in [0.1, 0.15) is 48.0 Å². The number of benzene rings is 2. The van der Waals surface area contributed by atoms with E-state index >= 15 is 0 Å². The molecule has 25 nitrogen and oxygen atoms in total. The number of carbonyl (C=O) groups is 9. The molecular weight excluding hydrogens is 905 g/mol. The van der Waals surface area contributed by atoms with Crippen LogP contribution in [0.2, 0.25) is 0 Å². The molecule has 18 N–H and O–H groups in total. The number of rotatable bonds is 26. The zero-order valence-corrected chi connectivity index (χ0v) is 38.6. The summed E-state index contributed by atoms with van der Waals surface area (Å²) in [7, 11) is -4.66. The molecule has 0 bridgehead atoms. The van der Waals surface area contributed by atoms with Crippen molar-refractivity contribution >= 4 is 61.4 Å². The third kappa shape index (κ3) is 19.5. The first-order valence-electron chi connectivity index (χ1n) is 20.9. The molecule has 26 heteroatoms. The number of phenolic OH excluding ortho intramolecular Hbond substituents is 1. The Hall–Kier alpha value is -6.50. The van der Waals surface area contributed by atoms with Crippen molar-refractivity contribution in [3.8, 4) is 11.5 Å². The zero-order valence-electron chi connectivity index (χ0n) is 37.7.